The van der Waals surface area contributed by atoms with Gasteiger partial charge in [-0.25, -0.2) is 0 Å². The Morgan fingerprint density at radius 2 is 1.73 bits per heavy atom. The van der Waals surface area contributed by atoms with E-state index in [-0.39, 0.29) is 17.6 Å². The Morgan fingerprint density at radius 1 is 0.946 bits per heavy atom. The van der Waals surface area contributed by atoms with Gasteiger partial charge in [0.05, 0.1) is 12.3 Å². The maximum atomic E-state index is 12.8. The van der Waals surface area contributed by atoms with Crippen molar-refractivity contribution in [2.75, 3.05) is 27.8 Å². The first-order chi connectivity index (χ1) is 18.1. The lowest BCUT2D eigenvalue weighted by molar-refractivity contribution is -0.117. The van der Waals surface area contributed by atoms with Gasteiger partial charge in [-0.1, -0.05) is 53.7 Å². The van der Waals surface area contributed by atoms with Gasteiger partial charge in [0, 0.05) is 35.7 Å². The van der Waals surface area contributed by atoms with E-state index < -0.39 is 0 Å². The Bertz CT molecular complexity index is 1390. The number of amides is 2. The second-order valence-electron chi connectivity index (χ2n) is 8.83. The minimum absolute atomic E-state index is 0.118. The van der Waals surface area contributed by atoms with Gasteiger partial charge in [0.2, 0.25) is 11.8 Å². The number of thioether (sulfide) groups is 1. The largest absolute Gasteiger partial charge is 0.378 e. The molecule has 3 aromatic carbocycles. The molecule has 0 bridgehead atoms. The molecule has 1 aliphatic rings. The summed E-state index contributed by atoms with van der Waals surface area (Å²) in [6.45, 7) is 3.25. The van der Waals surface area contributed by atoms with Crippen LogP contribution in [0.25, 0.3) is 5.69 Å². The quantitative estimate of drug-likeness (QED) is 0.305. The second kappa shape index (κ2) is 11.3. The van der Waals surface area contributed by atoms with Gasteiger partial charge in [-0.05, 0) is 55.8 Å². The Hall–Kier alpha value is -4.11. The monoisotopic (exact) mass is 512 g/mol. The SMILES string of the molecule is Cc1ccc(NCc2nnc(SCC(=O)Nc3cccc(N4CCCC4=O)c3)n2-c2ccccc2)cc1. The van der Waals surface area contributed by atoms with Crippen molar-refractivity contribution < 1.29 is 9.59 Å². The number of benzene rings is 3. The summed E-state index contributed by atoms with van der Waals surface area (Å²) in [5.41, 5.74) is 4.60. The summed E-state index contributed by atoms with van der Waals surface area (Å²) in [5, 5.41) is 15.8. The van der Waals surface area contributed by atoms with E-state index in [1.54, 1.807) is 4.90 Å². The second-order valence-corrected chi connectivity index (χ2v) is 9.77. The molecular weight excluding hydrogens is 484 g/mol. The molecule has 1 fully saturated rings. The van der Waals surface area contributed by atoms with Gasteiger partial charge in [-0.15, -0.1) is 10.2 Å². The highest BCUT2D eigenvalue weighted by molar-refractivity contribution is 7.99. The van der Waals surface area contributed by atoms with Crippen LogP contribution in [0, 0.1) is 6.92 Å². The van der Waals surface area contributed by atoms with Crippen molar-refractivity contribution in [2.45, 2.75) is 31.5 Å². The van der Waals surface area contributed by atoms with Crippen LogP contribution >= 0.6 is 11.8 Å². The van der Waals surface area contributed by atoms with Crippen LogP contribution in [-0.2, 0) is 16.1 Å². The molecular formula is C28H28N6O2S. The standard InChI is InChI=1S/C28H28N6O2S/c1-20-12-14-21(15-13-20)29-18-25-31-32-28(34(25)23-8-3-2-4-9-23)37-19-26(35)30-22-7-5-10-24(17-22)33-16-6-11-27(33)36/h2-5,7-10,12-15,17,29H,6,11,16,18-19H2,1H3,(H,30,35). The van der Waals surface area contributed by atoms with Crippen molar-refractivity contribution in [3.63, 3.8) is 0 Å². The van der Waals surface area contributed by atoms with Crippen molar-refractivity contribution in [3.05, 3.63) is 90.3 Å². The van der Waals surface area contributed by atoms with Crippen molar-refractivity contribution in [3.8, 4) is 5.69 Å². The molecule has 0 radical (unpaired) electrons. The van der Waals surface area contributed by atoms with Crippen LogP contribution in [0.4, 0.5) is 17.1 Å². The van der Waals surface area contributed by atoms with Gasteiger partial charge in [0.1, 0.15) is 0 Å². The van der Waals surface area contributed by atoms with Gasteiger partial charge in [0.25, 0.3) is 0 Å². The fourth-order valence-corrected chi connectivity index (χ4v) is 4.97. The van der Waals surface area contributed by atoms with Crippen LogP contribution in [0.15, 0.2) is 84.0 Å². The summed E-state index contributed by atoms with van der Waals surface area (Å²) in [6, 6.07) is 25.5. The van der Waals surface area contributed by atoms with E-state index in [1.165, 1.54) is 17.3 Å². The molecule has 37 heavy (non-hydrogen) atoms. The predicted octanol–water partition coefficient (Wildman–Crippen LogP) is 5.05. The molecule has 0 unspecified atom stereocenters. The van der Waals surface area contributed by atoms with E-state index in [9.17, 15) is 9.59 Å². The molecule has 2 heterocycles. The zero-order chi connectivity index (χ0) is 25.6. The number of carbonyl (C=O) groups is 2. The maximum Gasteiger partial charge on any atom is 0.234 e. The molecule has 9 heteroatoms. The fourth-order valence-electron chi connectivity index (χ4n) is 4.20. The summed E-state index contributed by atoms with van der Waals surface area (Å²) in [6.07, 6.45) is 1.43. The third kappa shape index (κ3) is 6.00. The van der Waals surface area contributed by atoms with E-state index in [4.69, 9.17) is 0 Å². The van der Waals surface area contributed by atoms with Crippen LogP contribution in [0.5, 0.6) is 0 Å². The number of nitrogens with one attached hydrogen (secondary N) is 2. The zero-order valence-corrected chi connectivity index (χ0v) is 21.4. The van der Waals surface area contributed by atoms with E-state index in [2.05, 4.69) is 39.9 Å². The number of rotatable bonds is 9. The molecule has 5 rings (SSSR count). The third-order valence-corrected chi connectivity index (χ3v) is 6.99. The molecule has 0 spiro atoms. The van der Waals surface area contributed by atoms with E-state index >= 15 is 0 Å². The van der Waals surface area contributed by atoms with Crippen LogP contribution < -0.4 is 15.5 Å². The molecule has 4 aromatic rings. The summed E-state index contributed by atoms with van der Waals surface area (Å²) in [5.74, 6) is 0.880. The summed E-state index contributed by atoms with van der Waals surface area (Å²) in [7, 11) is 0. The normalized spacial score (nSPS) is 13.1. The summed E-state index contributed by atoms with van der Waals surface area (Å²) >= 11 is 1.33. The van der Waals surface area contributed by atoms with Crippen LogP contribution in [-0.4, -0.2) is 38.9 Å². The molecule has 1 saturated heterocycles. The Morgan fingerprint density at radius 3 is 2.49 bits per heavy atom. The van der Waals surface area contributed by atoms with Crippen molar-refractivity contribution in [1.29, 1.82) is 0 Å². The van der Waals surface area contributed by atoms with E-state index in [1.807, 2.05) is 71.3 Å². The Labute approximate surface area is 220 Å². The molecule has 8 nitrogen and oxygen atoms in total. The average Bonchev–Trinajstić information content (AvgIpc) is 3.53. The molecule has 2 amide bonds. The maximum absolute atomic E-state index is 12.8. The summed E-state index contributed by atoms with van der Waals surface area (Å²) in [4.78, 5) is 26.6. The minimum Gasteiger partial charge on any atom is -0.378 e. The van der Waals surface area contributed by atoms with Crippen molar-refractivity contribution >= 4 is 40.6 Å². The molecule has 0 aliphatic carbocycles. The zero-order valence-electron chi connectivity index (χ0n) is 20.6. The van der Waals surface area contributed by atoms with E-state index in [0.29, 0.717) is 30.4 Å². The highest BCUT2D eigenvalue weighted by atomic mass is 32.2. The van der Waals surface area contributed by atoms with Crippen molar-refractivity contribution in [1.82, 2.24) is 14.8 Å². The number of hydrogen-bond acceptors (Lipinski definition) is 6. The van der Waals surface area contributed by atoms with Gasteiger partial charge in [-0.2, -0.15) is 0 Å². The Balaban J connectivity index is 1.27. The molecule has 0 saturated carbocycles. The van der Waals surface area contributed by atoms with Gasteiger partial charge >= 0.3 is 0 Å². The highest BCUT2D eigenvalue weighted by Gasteiger charge is 2.22. The summed E-state index contributed by atoms with van der Waals surface area (Å²) < 4.78 is 1.97. The predicted molar refractivity (Wildman–Crippen MR) is 147 cm³/mol. The third-order valence-electron chi connectivity index (χ3n) is 6.06. The van der Waals surface area contributed by atoms with Gasteiger partial charge in [0.15, 0.2) is 11.0 Å². The van der Waals surface area contributed by atoms with Crippen LogP contribution in [0.3, 0.4) is 0 Å². The van der Waals surface area contributed by atoms with Crippen LogP contribution in [0.1, 0.15) is 24.2 Å². The highest BCUT2D eigenvalue weighted by Crippen LogP contribution is 2.26. The van der Waals surface area contributed by atoms with Crippen molar-refractivity contribution in [2.24, 2.45) is 0 Å². The first-order valence-electron chi connectivity index (χ1n) is 12.2. The number of nitrogens with zero attached hydrogens (tertiary/aromatic N) is 4. The number of anilines is 3. The van der Waals surface area contributed by atoms with Crippen LogP contribution in [0.2, 0.25) is 0 Å². The number of aryl methyl sites for hydroxylation is 1. The lowest BCUT2D eigenvalue weighted by atomic mass is 10.2. The topological polar surface area (TPSA) is 92.2 Å². The molecule has 1 aliphatic heterocycles. The average molecular weight is 513 g/mol. The lowest BCUT2D eigenvalue weighted by Gasteiger charge is -2.16. The first kappa shape index (κ1) is 24.6. The molecule has 1 aromatic heterocycles. The smallest absolute Gasteiger partial charge is 0.234 e. The minimum atomic E-state index is -0.156. The number of para-hydroxylation sites is 1. The van der Waals surface area contributed by atoms with E-state index in [0.717, 1.165) is 29.3 Å². The fraction of sp³-hybridized carbons (Fsp3) is 0.214. The number of carbonyl (C=O) groups excluding carboxylic acids is 2. The Kier molecular flexibility index (Phi) is 7.51. The molecule has 188 valence electrons. The molecule has 2 N–H and O–H groups in total. The first-order valence-corrected chi connectivity index (χ1v) is 13.2. The lowest BCUT2D eigenvalue weighted by Crippen LogP contribution is -2.23. The van der Waals surface area contributed by atoms with Gasteiger partial charge < -0.3 is 15.5 Å². The number of aromatic nitrogens is 3. The number of hydrogen-bond donors (Lipinski definition) is 2. The van der Waals surface area contributed by atoms with Gasteiger partial charge in [-0.3, -0.25) is 14.2 Å². The molecule has 0 atom stereocenters.